The zero-order valence-electron chi connectivity index (χ0n) is 34.7. The van der Waals surface area contributed by atoms with E-state index in [0.29, 0.717) is 32.4 Å². The second-order valence-electron chi connectivity index (χ2n) is 20.3. The third-order valence-corrected chi connectivity index (χ3v) is 18.0. The average Bonchev–Trinajstić information content (AvgIpc) is 3.52. The molecule has 3 aliphatic heterocycles. The Kier molecular flexibility index (Phi) is 10.7. The quantitative estimate of drug-likeness (QED) is 0.141. The standard InChI is InChI=1S/C37H56N8O5.C4H8N.Sn/c1-10-20-15-37(20,31(38)50)44-28(47)24-16-36(34(8,9)35(36)12-11-13-35)18-45(24)30(49)26(33(5,6)7)43-29(48)25(32(2,3)4)42-27(46)22-14-21-23(17-39-22)41-19-40-21;1-2-4-5-3-1;/h10,19-20,22,24-26,39H,1,11-18H2,2-9H3,(H6,38,40,41,42,43,44,46,47,48,50);1-4H2;/q;-1;+2/t20-,22+,24+,25-,26-,36-,37-;;/m1../s1. The molecule has 306 valence electrons. The molecule has 0 unspecified atom stereocenters. The van der Waals surface area contributed by atoms with Gasteiger partial charge in [0.1, 0.15) is 0 Å². The van der Waals surface area contributed by atoms with Crippen LogP contribution < -0.4 is 24.8 Å². The number of aromatic amines is 1. The molecule has 3 aliphatic carbocycles. The van der Waals surface area contributed by atoms with Crippen LogP contribution in [0.15, 0.2) is 19.0 Å². The number of nitrogens with one attached hydrogen (secondary N) is 5. The number of rotatable bonds is 11. The first kappa shape index (κ1) is 41.3. The number of carbonyl (C=O) groups excluding carboxylic acids is 5. The number of hydrogen-bond donors (Lipinski definition) is 6. The van der Waals surface area contributed by atoms with Crippen molar-refractivity contribution in [2.45, 2.75) is 143 Å². The molecular formula is C41H64N9O5Sn+. The van der Waals surface area contributed by atoms with Gasteiger partial charge in [0.25, 0.3) is 0 Å². The van der Waals surface area contributed by atoms with Crippen LogP contribution in [0.5, 0.6) is 0 Å². The van der Waals surface area contributed by atoms with Crippen LogP contribution in [-0.2, 0) is 36.9 Å². The molecule has 56 heavy (non-hydrogen) atoms. The Bertz CT molecular complexity index is 1770. The second-order valence-corrected chi connectivity index (χ2v) is 23.4. The van der Waals surface area contributed by atoms with Gasteiger partial charge >= 0.3 is 250 Å². The summed E-state index contributed by atoms with van der Waals surface area (Å²) in [6, 6.07) is -3.10. The molecule has 4 heterocycles. The first-order valence-electron chi connectivity index (χ1n) is 20.7. The molecule has 2 spiro atoms. The van der Waals surface area contributed by atoms with Crippen LogP contribution in [0.1, 0.15) is 112 Å². The molecule has 0 aromatic carbocycles. The Morgan fingerprint density at radius 1 is 1.00 bits per heavy atom. The van der Waals surface area contributed by atoms with Crippen molar-refractivity contribution < 1.29 is 29.3 Å². The van der Waals surface area contributed by atoms with Gasteiger partial charge in [-0.3, -0.25) is 10.1 Å². The molecule has 7 N–H and O–H groups in total. The molecule has 2 radical (unpaired) electrons. The monoisotopic (exact) mass is 882 g/mol. The molecule has 2 saturated heterocycles. The van der Waals surface area contributed by atoms with Crippen LogP contribution >= 0.6 is 0 Å². The predicted octanol–water partition coefficient (Wildman–Crippen LogP) is 1.06. The zero-order chi connectivity index (χ0) is 40.6. The molecule has 7 rings (SSSR count). The first-order chi connectivity index (χ1) is 26.2. The number of imidazole rings is 1. The minimum atomic E-state index is -1.32. The average molecular weight is 882 g/mol. The zero-order valence-corrected chi connectivity index (χ0v) is 37.5. The molecule has 7 atom stereocenters. The van der Waals surface area contributed by atoms with Crippen LogP contribution in [0, 0.1) is 33.0 Å². The summed E-state index contributed by atoms with van der Waals surface area (Å²) in [5, 5.41) is 11.0. The van der Waals surface area contributed by atoms with Gasteiger partial charge in [-0.25, -0.2) is 4.98 Å². The van der Waals surface area contributed by atoms with Crippen molar-refractivity contribution in [1.29, 1.82) is 0 Å². The number of quaternary nitrogens is 1. The van der Waals surface area contributed by atoms with Crippen LogP contribution in [0.2, 0.25) is 0 Å². The molecule has 5 amide bonds. The van der Waals surface area contributed by atoms with Crippen molar-refractivity contribution >= 4 is 51.2 Å². The van der Waals surface area contributed by atoms with E-state index in [2.05, 4.69) is 53.0 Å². The molecule has 0 bridgehead atoms. The summed E-state index contributed by atoms with van der Waals surface area (Å²) >= 11 is -1.32. The Labute approximate surface area is 342 Å². The van der Waals surface area contributed by atoms with Crippen LogP contribution in [0.4, 0.5) is 0 Å². The van der Waals surface area contributed by atoms with E-state index in [4.69, 9.17) is 0 Å². The number of nitrogens with two attached hydrogens (primary N) is 1. The van der Waals surface area contributed by atoms with Gasteiger partial charge in [0, 0.05) is 13.0 Å². The molecule has 1 aromatic rings. The SMILES string of the molecule is C=C[C@@H]1C[C@]1(NC(=O)[C@@H]1C[C@@]2(CN1C(=O)[C@@H]([NH2+]C(=O)[C@@H](NC(=O)[C@@H]1Cc3nc[nH]c3CN1)C(C)(C)C)C(C)(C)C)C(C)(C)C21CCC1)C(=O)[NH][Sn][N]1CCCC1. The summed E-state index contributed by atoms with van der Waals surface area (Å²) in [7, 11) is 0. The molecular weight excluding hydrogens is 817 g/mol. The fourth-order valence-electron chi connectivity index (χ4n) is 10.9. The van der Waals surface area contributed by atoms with E-state index in [1.165, 1.54) is 5.32 Å². The van der Waals surface area contributed by atoms with Gasteiger partial charge in [0.15, 0.2) is 0 Å². The Hall–Kier alpha value is -2.82. The maximum absolute atomic E-state index is 15.2. The normalized spacial score (nSPS) is 31.2. The molecule has 14 nitrogen and oxygen atoms in total. The van der Waals surface area contributed by atoms with Crippen molar-refractivity contribution in [3.63, 3.8) is 0 Å². The number of hydrogen-bond acceptors (Lipinski definition) is 8. The topological polar surface area (TPSA) is 185 Å². The minimum absolute atomic E-state index is 0.0606. The number of primary amides is 1. The van der Waals surface area contributed by atoms with Gasteiger partial charge < -0.3 is 10.3 Å². The Balaban J connectivity index is 1.12. The molecule has 5 fully saturated rings. The summed E-state index contributed by atoms with van der Waals surface area (Å²) in [5.74, 6) is -1.52. The fraction of sp³-hybridized carbons (Fsp3) is 0.756. The van der Waals surface area contributed by atoms with Gasteiger partial charge in [0.05, 0.1) is 23.8 Å². The summed E-state index contributed by atoms with van der Waals surface area (Å²) in [4.78, 5) is 81.0. The van der Waals surface area contributed by atoms with Crippen LogP contribution in [-0.4, -0.2) is 119 Å². The second kappa shape index (κ2) is 14.5. The van der Waals surface area contributed by atoms with Crippen molar-refractivity contribution in [3.05, 3.63) is 30.4 Å². The van der Waals surface area contributed by atoms with Crippen molar-refractivity contribution in [1.82, 2.24) is 37.5 Å². The number of aromatic nitrogens is 2. The van der Waals surface area contributed by atoms with E-state index in [-0.39, 0.29) is 51.7 Å². The van der Waals surface area contributed by atoms with Crippen molar-refractivity contribution in [2.75, 3.05) is 19.6 Å². The number of likely N-dealkylation sites (tertiary alicyclic amines) is 1. The van der Waals surface area contributed by atoms with Gasteiger partial charge in [-0.05, 0) is 5.41 Å². The molecule has 6 aliphatic rings. The third-order valence-electron chi connectivity index (χ3n) is 14.9. The van der Waals surface area contributed by atoms with Gasteiger partial charge in [0.2, 0.25) is 5.91 Å². The Morgan fingerprint density at radius 3 is 2.27 bits per heavy atom. The van der Waals surface area contributed by atoms with Gasteiger partial charge in [-0.2, -0.15) is 0 Å². The number of nitrogens with zero attached hydrogens (tertiary/aromatic N) is 3. The van der Waals surface area contributed by atoms with Crippen molar-refractivity contribution in [2.24, 2.45) is 33.0 Å². The summed E-state index contributed by atoms with van der Waals surface area (Å²) < 4.78 is 5.62. The predicted molar refractivity (Wildman–Crippen MR) is 211 cm³/mol. The van der Waals surface area contributed by atoms with Crippen LogP contribution in [0.3, 0.4) is 0 Å². The van der Waals surface area contributed by atoms with Crippen LogP contribution in [0.25, 0.3) is 0 Å². The molecule has 15 heteroatoms. The number of fused-ring (bicyclic) bond motifs is 2. The van der Waals surface area contributed by atoms with E-state index >= 15 is 4.79 Å². The number of H-pyrrole nitrogens is 1. The summed E-state index contributed by atoms with van der Waals surface area (Å²) in [6.45, 7) is 23.0. The number of amides is 5. The maximum atomic E-state index is 15.2. The summed E-state index contributed by atoms with van der Waals surface area (Å²) in [5.41, 5.74) is -0.854. The Morgan fingerprint density at radius 2 is 1.70 bits per heavy atom. The first-order valence-corrected chi connectivity index (χ1v) is 23.4. The van der Waals surface area contributed by atoms with Crippen molar-refractivity contribution in [3.8, 4) is 0 Å². The molecule has 1 aromatic heterocycles. The van der Waals surface area contributed by atoms with Gasteiger partial charge in [-0.15, -0.1) is 0 Å². The number of carbonyl (C=O) groups is 5. The fourth-order valence-corrected chi connectivity index (χ4v) is 13.8. The van der Waals surface area contributed by atoms with E-state index < -0.39 is 62.2 Å². The third kappa shape index (κ3) is 6.85. The van der Waals surface area contributed by atoms with E-state index in [1.807, 2.05) is 41.5 Å². The van der Waals surface area contributed by atoms with E-state index in [9.17, 15) is 19.2 Å². The van der Waals surface area contributed by atoms with E-state index in [1.54, 1.807) is 17.3 Å². The van der Waals surface area contributed by atoms with E-state index in [0.717, 1.165) is 56.6 Å². The van der Waals surface area contributed by atoms with Gasteiger partial charge in [-0.1, -0.05) is 20.8 Å². The molecule has 3 saturated carbocycles. The summed E-state index contributed by atoms with van der Waals surface area (Å²) in [6.07, 6.45) is 10.4.